The average molecular weight is 493 g/mol. The van der Waals surface area contributed by atoms with Crippen molar-refractivity contribution in [2.45, 2.75) is 83.7 Å². The van der Waals surface area contributed by atoms with Crippen LogP contribution in [0.25, 0.3) is 0 Å². The molecule has 36 heavy (non-hydrogen) atoms. The van der Waals surface area contributed by atoms with E-state index in [0.717, 1.165) is 17.2 Å². The number of methoxy groups -OCH3 is 1. The molecule has 0 amide bonds. The Kier molecular flexibility index (Phi) is 11.5. The lowest BCUT2D eigenvalue weighted by atomic mass is 9.77. The molecule has 0 bridgehead atoms. The molecule has 2 aromatic carbocycles. The number of esters is 1. The molecule has 2 aromatic rings. The van der Waals surface area contributed by atoms with Gasteiger partial charge in [-0.25, -0.2) is 4.79 Å². The molecule has 0 heterocycles. The van der Waals surface area contributed by atoms with E-state index in [1.165, 1.54) is 62.5 Å². The minimum Gasteiger partial charge on any atom is -0.489 e. The van der Waals surface area contributed by atoms with Gasteiger partial charge in [0.25, 0.3) is 0 Å². The second-order valence-corrected chi connectivity index (χ2v) is 10.3. The average Bonchev–Trinajstić information content (AvgIpc) is 2.91. The van der Waals surface area contributed by atoms with E-state index in [2.05, 4.69) is 37.8 Å². The summed E-state index contributed by atoms with van der Waals surface area (Å²) in [5.74, 6) is 2.07. The third kappa shape index (κ3) is 8.81. The fourth-order valence-corrected chi connectivity index (χ4v) is 5.10. The molecule has 196 valence electrons. The van der Waals surface area contributed by atoms with E-state index >= 15 is 0 Å². The van der Waals surface area contributed by atoms with Crippen LogP contribution in [-0.4, -0.2) is 26.3 Å². The van der Waals surface area contributed by atoms with Crippen molar-refractivity contribution in [2.75, 3.05) is 20.3 Å². The van der Waals surface area contributed by atoms with E-state index in [0.29, 0.717) is 24.7 Å². The topological polar surface area (TPSA) is 44.8 Å². The summed E-state index contributed by atoms with van der Waals surface area (Å²) >= 11 is 0. The van der Waals surface area contributed by atoms with Gasteiger partial charge in [-0.15, -0.1) is 0 Å². The van der Waals surface area contributed by atoms with Gasteiger partial charge in [0.05, 0.1) is 6.61 Å². The molecule has 0 radical (unpaired) electrons. The minimum absolute atomic E-state index is 0.0358. The summed E-state index contributed by atoms with van der Waals surface area (Å²) in [6.07, 6.45) is 11.0. The quantitative estimate of drug-likeness (QED) is 0.152. The van der Waals surface area contributed by atoms with Gasteiger partial charge >= 0.3 is 5.97 Å². The normalized spacial score (nSPS) is 18.4. The lowest BCUT2D eigenvalue weighted by Gasteiger charge is -2.29. The highest BCUT2D eigenvalue weighted by Crippen LogP contribution is 2.37. The Morgan fingerprint density at radius 3 is 2.28 bits per heavy atom. The van der Waals surface area contributed by atoms with Gasteiger partial charge in [0.1, 0.15) is 19.0 Å². The number of carbonyl (C=O) groups is 1. The third-order valence-electron chi connectivity index (χ3n) is 7.40. The Labute approximate surface area is 218 Å². The van der Waals surface area contributed by atoms with E-state index in [4.69, 9.17) is 14.2 Å². The molecule has 1 aliphatic rings. The summed E-state index contributed by atoms with van der Waals surface area (Å²) in [6.45, 7) is 8.83. The van der Waals surface area contributed by atoms with Crippen molar-refractivity contribution in [1.82, 2.24) is 0 Å². The lowest BCUT2D eigenvalue weighted by Crippen LogP contribution is -2.17. The summed E-state index contributed by atoms with van der Waals surface area (Å²) in [7, 11) is 1.65. The molecule has 3 rings (SSSR count). The summed E-state index contributed by atoms with van der Waals surface area (Å²) < 4.78 is 16.7. The van der Waals surface area contributed by atoms with Crippen molar-refractivity contribution in [3.05, 3.63) is 77.4 Å². The molecular weight excluding hydrogens is 448 g/mol. The standard InChI is InChI=1S/C32H44O4/c1-5-6-7-8-25-9-13-27(14-10-25)28-15-11-26(12-16-28)21-35-31-19-17-29(18-20-31)30(22-34-4)23-36-32(33)24(2)3/h11-12,15-20,25,27,30H,2,5-10,13-14,21-23H2,1,3-4H3. The molecular formula is C32H44O4. The van der Waals surface area contributed by atoms with E-state index in [1.54, 1.807) is 14.0 Å². The van der Waals surface area contributed by atoms with Crippen molar-refractivity contribution in [3.63, 3.8) is 0 Å². The van der Waals surface area contributed by atoms with Crippen LogP contribution in [0.1, 0.15) is 93.7 Å². The first-order valence-electron chi connectivity index (χ1n) is 13.6. The van der Waals surface area contributed by atoms with Gasteiger partial charge < -0.3 is 14.2 Å². The predicted octanol–water partition coefficient (Wildman–Crippen LogP) is 7.97. The number of ether oxygens (including phenoxy) is 3. The second-order valence-electron chi connectivity index (χ2n) is 10.3. The minimum atomic E-state index is -0.378. The molecule has 0 saturated heterocycles. The van der Waals surface area contributed by atoms with Gasteiger partial charge in [0.15, 0.2) is 0 Å². The maximum absolute atomic E-state index is 11.7. The molecule has 1 aliphatic carbocycles. The Bertz CT molecular complexity index is 924. The van der Waals surface area contributed by atoms with Crippen LogP contribution in [0.4, 0.5) is 0 Å². The number of unbranched alkanes of at least 4 members (excludes halogenated alkanes) is 2. The van der Waals surface area contributed by atoms with E-state index in [9.17, 15) is 4.79 Å². The number of rotatable bonds is 14. The second kappa shape index (κ2) is 14.8. The fourth-order valence-electron chi connectivity index (χ4n) is 5.10. The van der Waals surface area contributed by atoms with E-state index in [1.807, 2.05) is 24.3 Å². The van der Waals surface area contributed by atoms with Crippen LogP contribution in [0.15, 0.2) is 60.7 Å². The van der Waals surface area contributed by atoms with Crippen LogP contribution in [0.3, 0.4) is 0 Å². The molecule has 1 unspecified atom stereocenters. The summed E-state index contributed by atoms with van der Waals surface area (Å²) in [4.78, 5) is 11.7. The molecule has 4 nitrogen and oxygen atoms in total. The SMILES string of the molecule is C=C(C)C(=O)OCC(COC)c1ccc(OCc2ccc(C3CCC(CCCCC)CC3)cc2)cc1. The highest BCUT2D eigenvalue weighted by molar-refractivity contribution is 5.86. The van der Waals surface area contributed by atoms with E-state index in [-0.39, 0.29) is 18.5 Å². The Morgan fingerprint density at radius 2 is 1.67 bits per heavy atom. The molecule has 0 spiro atoms. The van der Waals surface area contributed by atoms with Crippen molar-refractivity contribution >= 4 is 5.97 Å². The fraction of sp³-hybridized carbons (Fsp3) is 0.531. The summed E-state index contributed by atoms with van der Waals surface area (Å²) in [5, 5.41) is 0. The number of hydrogen-bond donors (Lipinski definition) is 0. The molecule has 0 N–H and O–H groups in total. The smallest absolute Gasteiger partial charge is 0.333 e. The molecule has 4 heteroatoms. The first-order valence-corrected chi connectivity index (χ1v) is 13.6. The van der Waals surface area contributed by atoms with Crippen molar-refractivity contribution in [3.8, 4) is 5.75 Å². The van der Waals surface area contributed by atoms with Crippen LogP contribution >= 0.6 is 0 Å². The molecule has 1 saturated carbocycles. The van der Waals surface area contributed by atoms with Crippen LogP contribution in [0, 0.1) is 5.92 Å². The van der Waals surface area contributed by atoms with Crippen molar-refractivity contribution < 1.29 is 19.0 Å². The van der Waals surface area contributed by atoms with Crippen LogP contribution in [-0.2, 0) is 20.9 Å². The van der Waals surface area contributed by atoms with Crippen LogP contribution in [0.5, 0.6) is 5.75 Å². The number of carbonyl (C=O) groups excluding carboxylic acids is 1. The van der Waals surface area contributed by atoms with Crippen molar-refractivity contribution in [2.24, 2.45) is 5.92 Å². The first kappa shape index (κ1) is 28.0. The van der Waals surface area contributed by atoms with Crippen molar-refractivity contribution in [1.29, 1.82) is 0 Å². The zero-order valence-corrected chi connectivity index (χ0v) is 22.5. The predicted molar refractivity (Wildman–Crippen MR) is 146 cm³/mol. The zero-order chi connectivity index (χ0) is 25.8. The van der Waals surface area contributed by atoms with Gasteiger partial charge in [0, 0.05) is 18.6 Å². The van der Waals surface area contributed by atoms with E-state index < -0.39 is 0 Å². The largest absolute Gasteiger partial charge is 0.489 e. The highest BCUT2D eigenvalue weighted by atomic mass is 16.5. The van der Waals surface area contributed by atoms with Gasteiger partial charge in [-0.05, 0) is 73.3 Å². The Hall–Kier alpha value is -2.59. The van der Waals surface area contributed by atoms with Gasteiger partial charge in [-0.1, -0.05) is 75.6 Å². The molecule has 1 fully saturated rings. The number of benzene rings is 2. The maximum Gasteiger partial charge on any atom is 0.333 e. The number of hydrogen-bond acceptors (Lipinski definition) is 4. The Morgan fingerprint density at radius 1 is 0.972 bits per heavy atom. The maximum atomic E-state index is 11.7. The van der Waals surface area contributed by atoms with Crippen LogP contribution < -0.4 is 4.74 Å². The lowest BCUT2D eigenvalue weighted by molar-refractivity contribution is -0.139. The Balaban J connectivity index is 1.46. The highest BCUT2D eigenvalue weighted by Gasteiger charge is 2.22. The zero-order valence-electron chi connectivity index (χ0n) is 22.5. The monoisotopic (exact) mass is 492 g/mol. The van der Waals surface area contributed by atoms with Gasteiger partial charge in [0.2, 0.25) is 0 Å². The first-order chi connectivity index (χ1) is 17.5. The molecule has 1 atom stereocenters. The summed E-state index contributed by atoms with van der Waals surface area (Å²) in [5.41, 5.74) is 4.10. The third-order valence-corrected chi connectivity index (χ3v) is 7.40. The summed E-state index contributed by atoms with van der Waals surface area (Å²) in [6, 6.07) is 17.0. The molecule has 0 aliphatic heterocycles. The van der Waals surface area contributed by atoms with Crippen LogP contribution in [0.2, 0.25) is 0 Å². The van der Waals surface area contributed by atoms with Gasteiger partial charge in [-0.2, -0.15) is 0 Å². The molecule has 0 aromatic heterocycles. The van der Waals surface area contributed by atoms with Gasteiger partial charge in [-0.3, -0.25) is 0 Å².